The fourth-order valence-electron chi connectivity index (χ4n) is 4.74. The maximum Gasteiger partial charge on any atom is 0.573 e. The number of para-hydroxylation sites is 1. The number of hydrogen-bond donors (Lipinski definition) is 1. The Morgan fingerprint density at radius 2 is 1.82 bits per heavy atom. The lowest BCUT2D eigenvalue weighted by Gasteiger charge is -2.32. The molecule has 1 N–H and O–H groups in total. The van der Waals surface area contributed by atoms with Crippen molar-refractivity contribution in [2.45, 2.75) is 50.7 Å². The normalized spacial score (nSPS) is 16.5. The van der Waals surface area contributed by atoms with Crippen molar-refractivity contribution >= 4 is 5.82 Å². The van der Waals surface area contributed by atoms with Crippen LogP contribution in [0.5, 0.6) is 5.75 Å². The first-order valence-electron chi connectivity index (χ1n) is 12.6. The highest BCUT2D eigenvalue weighted by Crippen LogP contribution is 2.45. The number of H-pyrrole nitrogens is 1. The fourth-order valence-corrected chi connectivity index (χ4v) is 4.74. The van der Waals surface area contributed by atoms with Gasteiger partial charge < -0.3 is 18.9 Å². The molecule has 39 heavy (non-hydrogen) atoms. The summed E-state index contributed by atoms with van der Waals surface area (Å²) in [6, 6.07) is 9.58. The number of piperidine rings is 1. The number of aromatic nitrogens is 4. The summed E-state index contributed by atoms with van der Waals surface area (Å²) in [6.45, 7) is 1.61. The highest BCUT2D eigenvalue weighted by Gasteiger charge is 2.36. The molecule has 0 spiro atoms. The van der Waals surface area contributed by atoms with Crippen molar-refractivity contribution < 1.29 is 31.7 Å². The van der Waals surface area contributed by atoms with E-state index in [0.717, 1.165) is 31.5 Å². The lowest BCUT2D eigenvalue weighted by atomic mass is 10.0. The van der Waals surface area contributed by atoms with Crippen LogP contribution in [0.25, 0.3) is 22.6 Å². The molecule has 0 atom stereocenters. The second kappa shape index (κ2) is 10.2. The van der Waals surface area contributed by atoms with Crippen LogP contribution in [0, 0.1) is 0 Å². The summed E-state index contributed by atoms with van der Waals surface area (Å²) >= 11 is 0. The predicted octanol–water partition coefficient (Wildman–Crippen LogP) is 5.04. The van der Waals surface area contributed by atoms with Crippen LogP contribution in [0.1, 0.15) is 42.9 Å². The maximum atomic E-state index is 13.0. The monoisotopic (exact) mass is 543 g/mol. The van der Waals surface area contributed by atoms with Crippen molar-refractivity contribution in [3.63, 3.8) is 0 Å². The molecule has 204 valence electrons. The van der Waals surface area contributed by atoms with Gasteiger partial charge in [0, 0.05) is 41.9 Å². The molecule has 6 rings (SSSR count). The minimum atomic E-state index is -4.83. The molecule has 1 saturated carbocycles. The number of anilines is 1. The topological polar surface area (TPSA) is 120 Å². The Hall–Kier alpha value is -4.13. The van der Waals surface area contributed by atoms with E-state index in [1.54, 1.807) is 12.3 Å². The van der Waals surface area contributed by atoms with Gasteiger partial charge in [0.15, 0.2) is 5.82 Å². The van der Waals surface area contributed by atoms with E-state index in [-0.39, 0.29) is 29.9 Å². The van der Waals surface area contributed by atoms with Gasteiger partial charge in [0.2, 0.25) is 0 Å². The molecular formula is C26H24F3N5O5. The number of pyridine rings is 1. The van der Waals surface area contributed by atoms with Gasteiger partial charge in [0.1, 0.15) is 23.0 Å². The van der Waals surface area contributed by atoms with Crippen molar-refractivity contribution in [1.29, 1.82) is 0 Å². The van der Waals surface area contributed by atoms with E-state index >= 15 is 0 Å². The summed E-state index contributed by atoms with van der Waals surface area (Å²) < 4.78 is 59.7. The molecule has 1 aliphatic carbocycles. The fraction of sp³-hybridized carbons (Fsp3) is 0.385. The van der Waals surface area contributed by atoms with Crippen LogP contribution in [0.3, 0.4) is 0 Å². The molecule has 0 bridgehead atoms. The Morgan fingerprint density at radius 3 is 2.49 bits per heavy atom. The maximum absolute atomic E-state index is 13.0. The molecule has 4 heterocycles. The molecule has 1 saturated heterocycles. The number of nitrogens with zero attached hydrogens (tertiary/aromatic N) is 4. The van der Waals surface area contributed by atoms with Gasteiger partial charge in [-0.05, 0) is 49.9 Å². The predicted molar refractivity (Wildman–Crippen MR) is 131 cm³/mol. The van der Waals surface area contributed by atoms with Crippen LogP contribution >= 0.6 is 0 Å². The standard InChI is InChI=1S/C26H24F3N5O5/c27-26(28,29)37-20-4-2-1-3-18(20)22-19(23(38-32-22)15-5-6-15)14-36-17-9-11-34(12-10-17)21-8-7-16(13-30-21)24-31-25(35)39-33-24/h1-4,7-8,13,15,17H,5-6,9-12,14H2,(H,31,33,35). The highest BCUT2D eigenvalue weighted by atomic mass is 19.4. The second-order valence-corrected chi connectivity index (χ2v) is 9.54. The van der Waals surface area contributed by atoms with Crippen LogP contribution in [-0.2, 0) is 11.3 Å². The Kier molecular flexibility index (Phi) is 6.59. The lowest BCUT2D eigenvalue weighted by molar-refractivity contribution is -0.274. The molecule has 1 aromatic carbocycles. The zero-order valence-corrected chi connectivity index (χ0v) is 20.6. The van der Waals surface area contributed by atoms with E-state index in [2.05, 4.69) is 34.4 Å². The van der Waals surface area contributed by atoms with E-state index in [4.69, 9.17) is 9.26 Å². The zero-order chi connectivity index (χ0) is 27.0. The SMILES string of the molecule is O=c1[nH]c(-c2ccc(N3CCC(OCc4c(-c5ccccc5OC(F)(F)F)noc4C4CC4)CC3)nc2)no1. The summed E-state index contributed by atoms with van der Waals surface area (Å²) in [5.74, 6) is 1.02. The molecule has 0 radical (unpaired) electrons. The number of nitrogens with one attached hydrogen (secondary N) is 1. The Bertz CT molecular complexity index is 1480. The third-order valence-corrected chi connectivity index (χ3v) is 6.83. The largest absolute Gasteiger partial charge is 0.573 e. The molecule has 2 aliphatic rings. The minimum Gasteiger partial charge on any atom is -0.405 e. The average Bonchev–Trinajstić information content (AvgIpc) is 3.54. The molecule has 13 heteroatoms. The molecule has 1 aliphatic heterocycles. The van der Waals surface area contributed by atoms with Crippen molar-refractivity contribution in [3.8, 4) is 28.4 Å². The first kappa shape index (κ1) is 25.2. The van der Waals surface area contributed by atoms with Gasteiger partial charge in [-0.25, -0.2) is 9.78 Å². The average molecular weight is 544 g/mol. The van der Waals surface area contributed by atoms with Gasteiger partial charge >= 0.3 is 12.1 Å². The molecule has 3 aromatic heterocycles. The summed E-state index contributed by atoms with van der Waals surface area (Å²) in [4.78, 5) is 20.3. The van der Waals surface area contributed by atoms with Gasteiger partial charge in [-0.1, -0.05) is 22.4 Å². The summed E-state index contributed by atoms with van der Waals surface area (Å²) in [5, 5.41) is 7.80. The van der Waals surface area contributed by atoms with Gasteiger partial charge in [0.05, 0.1) is 12.7 Å². The number of ether oxygens (including phenoxy) is 2. The first-order valence-corrected chi connectivity index (χ1v) is 12.6. The molecule has 0 amide bonds. The van der Waals surface area contributed by atoms with Crippen LogP contribution in [0.15, 0.2) is 56.4 Å². The number of aromatic amines is 1. The molecule has 4 aromatic rings. The van der Waals surface area contributed by atoms with E-state index in [1.807, 2.05) is 12.1 Å². The van der Waals surface area contributed by atoms with E-state index in [0.29, 0.717) is 41.5 Å². The Labute approximate surface area is 219 Å². The third-order valence-electron chi connectivity index (χ3n) is 6.83. The summed E-state index contributed by atoms with van der Waals surface area (Å²) in [5.41, 5.74) is 1.83. The van der Waals surface area contributed by atoms with Crippen LogP contribution in [-0.4, -0.2) is 45.8 Å². The minimum absolute atomic E-state index is 0.0443. The molecule has 0 unspecified atom stereocenters. The molecular weight excluding hydrogens is 519 g/mol. The van der Waals surface area contributed by atoms with E-state index < -0.39 is 12.1 Å². The number of halogens is 3. The number of hydrogen-bond acceptors (Lipinski definition) is 9. The van der Waals surface area contributed by atoms with Gasteiger partial charge in [-0.3, -0.25) is 9.51 Å². The van der Waals surface area contributed by atoms with Gasteiger partial charge in [-0.2, -0.15) is 0 Å². The van der Waals surface area contributed by atoms with Crippen LogP contribution in [0.4, 0.5) is 19.0 Å². The number of rotatable bonds is 8. The van der Waals surface area contributed by atoms with Crippen molar-refractivity contribution in [2.75, 3.05) is 18.0 Å². The summed E-state index contributed by atoms with van der Waals surface area (Å²) in [6.07, 6.45) is 0.128. The Balaban J connectivity index is 1.12. The molecule has 2 fully saturated rings. The second-order valence-electron chi connectivity index (χ2n) is 9.54. The number of alkyl halides is 3. The highest BCUT2D eigenvalue weighted by molar-refractivity contribution is 5.70. The van der Waals surface area contributed by atoms with Crippen molar-refractivity contribution in [1.82, 2.24) is 20.3 Å². The van der Waals surface area contributed by atoms with Crippen LogP contribution in [0.2, 0.25) is 0 Å². The van der Waals surface area contributed by atoms with Gasteiger partial charge in [0.25, 0.3) is 0 Å². The lowest BCUT2D eigenvalue weighted by Crippen LogP contribution is -2.37. The Morgan fingerprint density at radius 1 is 1.03 bits per heavy atom. The van der Waals surface area contributed by atoms with Crippen molar-refractivity contribution in [2.24, 2.45) is 0 Å². The van der Waals surface area contributed by atoms with E-state index in [9.17, 15) is 18.0 Å². The summed E-state index contributed by atoms with van der Waals surface area (Å²) in [7, 11) is 0. The van der Waals surface area contributed by atoms with Crippen molar-refractivity contribution in [3.05, 3.63) is 64.5 Å². The molecule has 10 nitrogen and oxygen atoms in total. The quantitative estimate of drug-likeness (QED) is 0.326. The smallest absolute Gasteiger partial charge is 0.405 e. The number of benzene rings is 1. The van der Waals surface area contributed by atoms with Crippen LogP contribution < -0.4 is 15.4 Å². The van der Waals surface area contributed by atoms with E-state index in [1.165, 1.54) is 18.2 Å². The van der Waals surface area contributed by atoms with Gasteiger partial charge in [-0.15, -0.1) is 13.2 Å². The first-order chi connectivity index (χ1) is 18.8. The zero-order valence-electron chi connectivity index (χ0n) is 20.6. The third kappa shape index (κ3) is 5.67.